The number of benzene rings is 1. The van der Waals surface area contributed by atoms with E-state index >= 15 is 0 Å². The number of hydrogen-bond donors (Lipinski definition) is 1. The number of hydrogen-bond acceptors (Lipinski definition) is 3. The van der Waals surface area contributed by atoms with Gasteiger partial charge in [0.05, 0.1) is 12.3 Å². The highest BCUT2D eigenvalue weighted by Crippen LogP contribution is 2.21. The first-order chi connectivity index (χ1) is 13.3. The van der Waals surface area contributed by atoms with Gasteiger partial charge in [-0.25, -0.2) is 4.39 Å². The van der Waals surface area contributed by atoms with Crippen molar-refractivity contribution in [3.8, 4) is 0 Å². The zero-order valence-corrected chi connectivity index (χ0v) is 16.5. The fourth-order valence-corrected chi connectivity index (χ4v) is 3.89. The molecule has 3 amide bonds. The number of likely N-dealkylation sites (tertiary alicyclic amines) is 2. The lowest BCUT2D eigenvalue weighted by Gasteiger charge is -2.33. The second-order valence-electron chi connectivity index (χ2n) is 8.01. The van der Waals surface area contributed by atoms with Crippen LogP contribution in [-0.4, -0.2) is 59.2 Å². The molecule has 7 heteroatoms. The summed E-state index contributed by atoms with van der Waals surface area (Å²) in [7, 11) is 0. The monoisotopic (exact) mass is 389 g/mol. The number of amides is 3. The van der Waals surface area contributed by atoms with E-state index < -0.39 is 0 Å². The molecule has 1 N–H and O–H groups in total. The van der Waals surface area contributed by atoms with Crippen LogP contribution in [0.3, 0.4) is 0 Å². The number of piperidine rings is 1. The molecule has 2 aliphatic rings. The molecule has 0 spiro atoms. The van der Waals surface area contributed by atoms with E-state index in [2.05, 4.69) is 5.32 Å². The number of carbonyl (C=O) groups is 3. The summed E-state index contributed by atoms with van der Waals surface area (Å²) in [5.74, 6) is -0.601. The molecule has 1 unspecified atom stereocenters. The van der Waals surface area contributed by atoms with Crippen LogP contribution in [0.5, 0.6) is 0 Å². The molecular formula is C21H28FN3O3. The second-order valence-corrected chi connectivity index (χ2v) is 8.01. The molecule has 152 valence electrons. The summed E-state index contributed by atoms with van der Waals surface area (Å²) in [6.45, 7) is 5.57. The van der Waals surface area contributed by atoms with Gasteiger partial charge in [-0.1, -0.05) is 12.1 Å². The van der Waals surface area contributed by atoms with Crippen molar-refractivity contribution in [2.45, 2.75) is 51.6 Å². The lowest BCUT2D eigenvalue weighted by molar-refractivity contribution is -0.132. The average Bonchev–Trinajstić information content (AvgIpc) is 3.06. The lowest BCUT2D eigenvalue weighted by atomic mass is 10.0. The van der Waals surface area contributed by atoms with E-state index in [1.54, 1.807) is 21.9 Å². The van der Waals surface area contributed by atoms with Crippen molar-refractivity contribution >= 4 is 17.7 Å². The van der Waals surface area contributed by atoms with Crippen LogP contribution in [0, 0.1) is 11.7 Å². The summed E-state index contributed by atoms with van der Waals surface area (Å²) in [6.07, 6.45) is 1.94. The molecule has 2 saturated heterocycles. The van der Waals surface area contributed by atoms with Crippen molar-refractivity contribution in [2.75, 3.05) is 19.6 Å². The molecule has 0 radical (unpaired) electrons. The highest BCUT2D eigenvalue weighted by Gasteiger charge is 2.36. The number of rotatable bonds is 5. The van der Waals surface area contributed by atoms with Gasteiger partial charge in [0.25, 0.3) is 0 Å². The largest absolute Gasteiger partial charge is 0.353 e. The summed E-state index contributed by atoms with van der Waals surface area (Å²) in [5.41, 5.74) is 0.794. The van der Waals surface area contributed by atoms with Gasteiger partial charge in [-0.05, 0) is 44.4 Å². The van der Waals surface area contributed by atoms with Crippen molar-refractivity contribution in [2.24, 2.45) is 5.92 Å². The fourth-order valence-electron chi connectivity index (χ4n) is 3.89. The van der Waals surface area contributed by atoms with E-state index in [0.29, 0.717) is 32.5 Å². The molecule has 0 saturated carbocycles. The van der Waals surface area contributed by atoms with Crippen LogP contribution in [0.25, 0.3) is 0 Å². The van der Waals surface area contributed by atoms with Crippen LogP contribution >= 0.6 is 0 Å². The minimum absolute atomic E-state index is 0.0188. The van der Waals surface area contributed by atoms with E-state index in [0.717, 1.165) is 5.56 Å². The maximum Gasteiger partial charge on any atom is 0.226 e. The van der Waals surface area contributed by atoms with E-state index in [1.807, 2.05) is 13.8 Å². The summed E-state index contributed by atoms with van der Waals surface area (Å²) in [6, 6.07) is 6.12. The van der Waals surface area contributed by atoms with E-state index in [9.17, 15) is 18.8 Å². The molecule has 1 aromatic carbocycles. The highest BCUT2D eigenvalue weighted by atomic mass is 19.1. The Labute approximate surface area is 165 Å². The molecule has 28 heavy (non-hydrogen) atoms. The Bertz CT molecular complexity index is 727. The SMILES string of the molecule is CC(C)N1CC(C(=O)NC2CCN(C(=O)Cc3ccc(F)cc3)CC2)CC1=O. The van der Waals surface area contributed by atoms with E-state index in [1.165, 1.54) is 12.1 Å². The molecule has 0 aliphatic carbocycles. The molecule has 1 atom stereocenters. The summed E-state index contributed by atoms with van der Waals surface area (Å²) in [4.78, 5) is 40.5. The van der Waals surface area contributed by atoms with Crippen molar-refractivity contribution in [1.82, 2.24) is 15.1 Å². The first-order valence-electron chi connectivity index (χ1n) is 9.95. The van der Waals surface area contributed by atoms with Crippen LogP contribution in [0.2, 0.25) is 0 Å². The molecule has 3 rings (SSSR count). The third-order valence-electron chi connectivity index (χ3n) is 5.62. The smallest absolute Gasteiger partial charge is 0.226 e. The van der Waals surface area contributed by atoms with Gasteiger partial charge in [-0.2, -0.15) is 0 Å². The molecule has 2 fully saturated rings. The summed E-state index contributed by atoms with van der Waals surface area (Å²) >= 11 is 0. The maximum absolute atomic E-state index is 13.0. The Morgan fingerprint density at radius 3 is 2.39 bits per heavy atom. The molecular weight excluding hydrogens is 361 g/mol. The Kier molecular flexibility index (Phi) is 6.31. The van der Waals surface area contributed by atoms with Gasteiger partial charge in [0.1, 0.15) is 5.82 Å². The normalized spacial score (nSPS) is 20.7. The molecule has 1 aromatic rings. The number of halogens is 1. The van der Waals surface area contributed by atoms with E-state index in [4.69, 9.17) is 0 Å². The summed E-state index contributed by atoms with van der Waals surface area (Å²) in [5, 5.41) is 3.06. The number of carbonyl (C=O) groups excluding carboxylic acids is 3. The maximum atomic E-state index is 13.0. The minimum Gasteiger partial charge on any atom is -0.353 e. The van der Waals surface area contributed by atoms with Crippen LogP contribution in [0.4, 0.5) is 4.39 Å². The summed E-state index contributed by atoms with van der Waals surface area (Å²) < 4.78 is 13.0. The van der Waals surface area contributed by atoms with Crippen LogP contribution in [0.15, 0.2) is 24.3 Å². The third kappa shape index (κ3) is 4.88. The first kappa shape index (κ1) is 20.3. The van der Waals surface area contributed by atoms with Gasteiger partial charge in [0.15, 0.2) is 0 Å². The molecule has 2 aliphatic heterocycles. The number of nitrogens with one attached hydrogen (secondary N) is 1. The van der Waals surface area contributed by atoms with Crippen molar-refractivity contribution in [3.63, 3.8) is 0 Å². The standard InChI is InChI=1S/C21H28FN3O3/c1-14(2)25-13-16(12-20(25)27)21(28)23-18-7-9-24(10-8-18)19(26)11-15-3-5-17(22)6-4-15/h3-6,14,16,18H,7-13H2,1-2H3,(H,23,28). The van der Waals surface area contributed by atoms with Gasteiger partial charge >= 0.3 is 0 Å². The van der Waals surface area contributed by atoms with Gasteiger partial charge < -0.3 is 15.1 Å². The van der Waals surface area contributed by atoms with Crippen molar-refractivity contribution in [3.05, 3.63) is 35.6 Å². The Hall–Kier alpha value is -2.44. The van der Waals surface area contributed by atoms with Gasteiger partial charge in [0.2, 0.25) is 17.7 Å². The Morgan fingerprint density at radius 2 is 1.82 bits per heavy atom. The zero-order valence-electron chi connectivity index (χ0n) is 16.5. The Morgan fingerprint density at radius 1 is 1.18 bits per heavy atom. The average molecular weight is 389 g/mol. The van der Waals surface area contributed by atoms with Crippen molar-refractivity contribution in [1.29, 1.82) is 0 Å². The predicted molar refractivity (Wildman–Crippen MR) is 103 cm³/mol. The van der Waals surface area contributed by atoms with Crippen LogP contribution in [-0.2, 0) is 20.8 Å². The zero-order chi connectivity index (χ0) is 20.3. The lowest BCUT2D eigenvalue weighted by Crippen LogP contribution is -2.48. The highest BCUT2D eigenvalue weighted by molar-refractivity contribution is 5.89. The van der Waals surface area contributed by atoms with Crippen molar-refractivity contribution < 1.29 is 18.8 Å². The second kappa shape index (κ2) is 8.71. The first-order valence-corrected chi connectivity index (χ1v) is 9.95. The van der Waals surface area contributed by atoms with Crippen LogP contribution < -0.4 is 5.32 Å². The number of nitrogens with zero attached hydrogens (tertiary/aromatic N) is 2. The van der Waals surface area contributed by atoms with Gasteiger partial charge in [0, 0.05) is 38.1 Å². The van der Waals surface area contributed by atoms with E-state index in [-0.39, 0.29) is 54.4 Å². The minimum atomic E-state index is -0.312. The topological polar surface area (TPSA) is 69.7 Å². The molecule has 0 aromatic heterocycles. The Balaban J connectivity index is 1.44. The predicted octanol–water partition coefficient (Wildman–Crippen LogP) is 1.73. The molecule has 6 nitrogen and oxygen atoms in total. The van der Waals surface area contributed by atoms with Gasteiger partial charge in [-0.3, -0.25) is 14.4 Å². The fraction of sp³-hybridized carbons (Fsp3) is 0.571. The van der Waals surface area contributed by atoms with Gasteiger partial charge in [-0.15, -0.1) is 0 Å². The third-order valence-corrected chi connectivity index (χ3v) is 5.62. The molecule has 2 heterocycles. The molecule has 0 bridgehead atoms. The van der Waals surface area contributed by atoms with Crippen LogP contribution in [0.1, 0.15) is 38.7 Å². The quantitative estimate of drug-likeness (QED) is 0.834.